The maximum atomic E-state index is 13.4. The zero-order valence-electron chi connectivity index (χ0n) is 8.96. The van der Waals surface area contributed by atoms with Gasteiger partial charge in [-0.2, -0.15) is 0 Å². The summed E-state index contributed by atoms with van der Waals surface area (Å²) in [5.74, 6) is -0.320. The van der Waals surface area contributed by atoms with Gasteiger partial charge in [0.15, 0.2) is 0 Å². The lowest BCUT2D eigenvalue weighted by atomic mass is 10.2. The Morgan fingerprint density at radius 3 is 2.88 bits per heavy atom. The lowest BCUT2D eigenvalue weighted by molar-refractivity contribution is 0.0343. The molecule has 2 atom stereocenters. The van der Waals surface area contributed by atoms with Crippen LogP contribution >= 0.6 is 11.6 Å². The predicted octanol–water partition coefficient (Wildman–Crippen LogP) is 2.88. The zero-order chi connectivity index (χ0) is 11.5. The van der Waals surface area contributed by atoms with E-state index >= 15 is 0 Å². The van der Waals surface area contributed by atoms with Gasteiger partial charge in [0.2, 0.25) is 0 Å². The number of ether oxygens (including phenoxy) is 1. The third kappa shape index (κ3) is 2.54. The second kappa shape index (κ2) is 5.13. The summed E-state index contributed by atoms with van der Waals surface area (Å²) >= 11 is 5.90. The van der Waals surface area contributed by atoms with Gasteiger partial charge < -0.3 is 10.5 Å². The molecule has 2 N–H and O–H groups in total. The second-order valence-corrected chi connectivity index (χ2v) is 4.55. The molecule has 2 nitrogen and oxygen atoms in total. The van der Waals surface area contributed by atoms with Gasteiger partial charge in [0.1, 0.15) is 5.82 Å². The van der Waals surface area contributed by atoms with Gasteiger partial charge >= 0.3 is 0 Å². The largest absolute Gasteiger partial charge is 0.372 e. The number of benzene rings is 1. The maximum absolute atomic E-state index is 13.4. The van der Waals surface area contributed by atoms with Crippen LogP contribution in [0.3, 0.4) is 0 Å². The number of hydrogen-bond acceptors (Lipinski definition) is 2. The molecular formula is C12H15ClFNO. The summed E-state index contributed by atoms with van der Waals surface area (Å²) in [6, 6.07) is 4.71. The Labute approximate surface area is 99.5 Å². The van der Waals surface area contributed by atoms with Gasteiger partial charge in [0, 0.05) is 16.6 Å². The third-order valence-electron chi connectivity index (χ3n) is 3.01. The number of hydrogen-bond donors (Lipinski definition) is 1. The SMILES string of the molecule is NC1CCCC1OCc1c(F)cccc1Cl. The fraction of sp³-hybridized carbons (Fsp3) is 0.500. The molecule has 1 aromatic rings. The molecule has 1 fully saturated rings. The highest BCUT2D eigenvalue weighted by Gasteiger charge is 2.24. The summed E-state index contributed by atoms with van der Waals surface area (Å²) in [5.41, 5.74) is 6.29. The molecule has 88 valence electrons. The first-order valence-electron chi connectivity index (χ1n) is 5.48. The second-order valence-electron chi connectivity index (χ2n) is 4.14. The lowest BCUT2D eigenvalue weighted by Crippen LogP contribution is -2.31. The van der Waals surface area contributed by atoms with Crippen LogP contribution < -0.4 is 5.73 Å². The fourth-order valence-electron chi connectivity index (χ4n) is 2.02. The molecule has 0 amide bonds. The van der Waals surface area contributed by atoms with Gasteiger partial charge in [-0.25, -0.2) is 4.39 Å². The van der Waals surface area contributed by atoms with Crippen LogP contribution in [0.4, 0.5) is 4.39 Å². The average molecular weight is 244 g/mol. The van der Waals surface area contributed by atoms with Crippen molar-refractivity contribution in [1.29, 1.82) is 0 Å². The molecular weight excluding hydrogens is 229 g/mol. The molecule has 2 rings (SSSR count). The first-order valence-corrected chi connectivity index (χ1v) is 5.86. The Kier molecular flexibility index (Phi) is 3.79. The highest BCUT2D eigenvalue weighted by atomic mass is 35.5. The molecule has 0 saturated heterocycles. The molecule has 0 heterocycles. The van der Waals surface area contributed by atoms with Crippen LogP contribution in [0.25, 0.3) is 0 Å². The van der Waals surface area contributed by atoms with Gasteiger partial charge in [-0.3, -0.25) is 0 Å². The summed E-state index contributed by atoms with van der Waals surface area (Å²) in [5, 5.41) is 0.409. The molecule has 1 aliphatic rings. The van der Waals surface area contributed by atoms with Crippen molar-refractivity contribution in [2.45, 2.75) is 38.0 Å². The van der Waals surface area contributed by atoms with Crippen LogP contribution in [0.5, 0.6) is 0 Å². The number of nitrogens with two attached hydrogens (primary N) is 1. The molecule has 0 bridgehead atoms. The van der Waals surface area contributed by atoms with Crippen LogP contribution in [0.2, 0.25) is 5.02 Å². The number of halogens is 2. The van der Waals surface area contributed by atoms with Crippen molar-refractivity contribution in [1.82, 2.24) is 0 Å². The van der Waals surface area contributed by atoms with E-state index in [-0.39, 0.29) is 24.6 Å². The van der Waals surface area contributed by atoms with Crippen LogP contribution in [0.15, 0.2) is 18.2 Å². The Bertz CT molecular complexity index is 352. The van der Waals surface area contributed by atoms with E-state index < -0.39 is 0 Å². The van der Waals surface area contributed by atoms with E-state index in [1.807, 2.05) is 0 Å². The Morgan fingerprint density at radius 2 is 2.25 bits per heavy atom. The topological polar surface area (TPSA) is 35.2 Å². The first-order chi connectivity index (χ1) is 7.68. The Morgan fingerprint density at radius 1 is 1.44 bits per heavy atom. The standard InChI is InChI=1S/C12H15ClFNO/c13-9-3-1-4-10(14)8(9)7-16-12-6-2-5-11(12)15/h1,3-4,11-12H,2,5-7,15H2. The van der Waals surface area contributed by atoms with Crippen molar-refractivity contribution >= 4 is 11.6 Å². The van der Waals surface area contributed by atoms with Gasteiger partial charge in [0.25, 0.3) is 0 Å². The maximum Gasteiger partial charge on any atom is 0.130 e. The van der Waals surface area contributed by atoms with Crippen LogP contribution in [0, 0.1) is 5.82 Å². The van der Waals surface area contributed by atoms with E-state index in [0.717, 1.165) is 19.3 Å². The van der Waals surface area contributed by atoms with Crippen molar-refractivity contribution < 1.29 is 9.13 Å². The average Bonchev–Trinajstić information content (AvgIpc) is 2.64. The zero-order valence-corrected chi connectivity index (χ0v) is 9.71. The minimum Gasteiger partial charge on any atom is -0.372 e. The van der Waals surface area contributed by atoms with Crippen molar-refractivity contribution in [3.8, 4) is 0 Å². The van der Waals surface area contributed by atoms with Crippen molar-refractivity contribution in [2.75, 3.05) is 0 Å². The molecule has 2 unspecified atom stereocenters. The van der Waals surface area contributed by atoms with Gasteiger partial charge in [-0.05, 0) is 31.4 Å². The fourth-order valence-corrected chi connectivity index (χ4v) is 2.24. The normalized spacial score (nSPS) is 24.9. The van der Waals surface area contributed by atoms with Crippen molar-refractivity contribution in [3.63, 3.8) is 0 Å². The van der Waals surface area contributed by atoms with E-state index in [4.69, 9.17) is 22.1 Å². The molecule has 4 heteroatoms. The van der Waals surface area contributed by atoms with Crippen molar-refractivity contribution in [2.24, 2.45) is 5.73 Å². The predicted molar refractivity (Wildman–Crippen MR) is 61.8 cm³/mol. The first kappa shape index (κ1) is 11.8. The van der Waals surface area contributed by atoms with Gasteiger partial charge in [-0.15, -0.1) is 0 Å². The summed E-state index contributed by atoms with van der Waals surface area (Å²) < 4.78 is 19.0. The highest BCUT2D eigenvalue weighted by molar-refractivity contribution is 6.31. The minimum absolute atomic E-state index is 0.0377. The molecule has 0 aromatic heterocycles. The van der Waals surface area contributed by atoms with Gasteiger partial charge in [0.05, 0.1) is 12.7 Å². The molecule has 0 aliphatic heterocycles. The van der Waals surface area contributed by atoms with Crippen LogP contribution in [0.1, 0.15) is 24.8 Å². The van der Waals surface area contributed by atoms with E-state index in [9.17, 15) is 4.39 Å². The third-order valence-corrected chi connectivity index (χ3v) is 3.36. The van der Waals surface area contributed by atoms with E-state index in [2.05, 4.69) is 0 Å². The number of rotatable bonds is 3. The van der Waals surface area contributed by atoms with E-state index in [1.165, 1.54) is 6.07 Å². The Balaban J connectivity index is 1.99. The minimum atomic E-state index is -0.320. The Hall–Kier alpha value is -0.640. The molecule has 0 spiro atoms. The monoisotopic (exact) mass is 243 g/mol. The molecule has 16 heavy (non-hydrogen) atoms. The van der Waals surface area contributed by atoms with E-state index in [0.29, 0.717) is 10.6 Å². The molecule has 1 aromatic carbocycles. The molecule has 0 radical (unpaired) electrons. The summed E-state index contributed by atoms with van der Waals surface area (Å²) in [6.45, 7) is 0.198. The van der Waals surface area contributed by atoms with Gasteiger partial charge in [-0.1, -0.05) is 17.7 Å². The lowest BCUT2D eigenvalue weighted by Gasteiger charge is -2.17. The van der Waals surface area contributed by atoms with Crippen molar-refractivity contribution in [3.05, 3.63) is 34.6 Å². The highest BCUT2D eigenvalue weighted by Crippen LogP contribution is 2.24. The summed E-state index contributed by atoms with van der Waals surface area (Å²) in [7, 11) is 0. The quantitative estimate of drug-likeness (QED) is 0.886. The molecule has 1 saturated carbocycles. The smallest absolute Gasteiger partial charge is 0.130 e. The van der Waals surface area contributed by atoms with Crippen LogP contribution in [-0.2, 0) is 11.3 Å². The summed E-state index contributed by atoms with van der Waals surface area (Å²) in [6.07, 6.45) is 3.05. The van der Waals surface area contributed by atoms with E-state index in [1.54, 1.807) is 12.1 Å². The van der Waals surface area contributed by atoms with Crippen LogP contribution in [-0.4, -0.2) is 12.1 Å². The summed E-state index contributed by atoms with van der Waals surface area (Å²) in [4.78, 5) is 0. The molecule has 1 aliphatic carbocycles.